The third-order valence-corrected chi connectivity index (χ3v) is 6.47. The van der Waals surface area contributed by atoms with Crippen molar-refractivity contribution in [2.75, 3.05) is 13.7 Å². The van der Waals surface area contributed by atoms with Gasteiger partial charge in [0.1, 0.15) is 5.75 Å². The number of aryl methyl sites for hydroxylation is 1. The van der Waals surface area contributed by atoms with Gasteiger partial charge in [-0.05, 0) is 55.5 Å². The first-order valence-electron chi connectivity index (χ1n) is 8.79. The highest BCUT2D eigenvalue weighted by molar-refractivity contribution is 7.89. The number of rotatable bonds is 8. The quantitative estimate of drug-likeness (QED) is 0.636. The van der Waals surface area contributed by atoms with Gasteiger partial charge in [-0.15, -0.1) is 0 Å². The monoisotopic (exact) mass is 392 g/mol. The smallest absolute Gasteiger partial charge is 0.241 e. The molecule has 2 atom stereocenters. The van der Waals surface area contributed by atoms with Crippen LogP contribution in [0.4, 0.5) is 0 Å². The third-order valence-electron chi connectivity index (χ3n) is 4.76. The number of methoxy groups -OCH3 is 1. The van der Waals surface area contributed by atoms with Crippen LogP contribution >= 0.6 is 0 Å². The van der Waals surface area contributed by atoms with Crippen LogP contribution in [0.2, 0.25) is 0 Å². The lowest BCUT2D eigenvalue weighted by atomic mass is 10.0. The van der Waals surface area contributed by atoms with Crippen molar-refractivity contribution in [1.29, 1.82) is 0 Å². The molecule has 0 aromatic heterocycles. The maximum absolute atomic E-state index is 12.8. The normalized spacial score (nSPS) is 14.0. The predicted octanol–water partition coefficient (Wildman–Crippen LogP) is 1.83. The van der Waals surface area contributed by atoms with Gasteiger partial charge in [-0.25, -0.2) is 13.1 Å². The molecular weight excluding hydrogens is 364 g/mol. The van der Waals surface area contributed by atoms with Crippen LogP contribution in [-0.2, 0) is 16.4 Å². The van der Waals surface area contributed by atoms with Gasteiger partial charge in [0.25, 0.3) is 0 Å². The molecule has 0 radical (unpaired) electrons. The lowest BCUT2D eigenvalue weighted by Gasteiger charge is -2.21. The van der Waals surface area contributed by atoms with Gasteiger partial charge in [-0.1, -0.05) is 30.3 Å². The van der Waals surface area contributed by atoms with E-state index in [0.29, 0.717) is 23.3 Å². The first kappa shape index (κ1) is 21.4. The molecule has 0 bridgehead atoms. The Bertz CT molecular complexity index is 883. The molecule has 2 rings (SSSR count). The second kappa shape index (κ2) is 8.84. The van der Waals surface area contributed by atoms with Crippen LogP contribution < -0.4 is 15.2 Å². The van der Waals surface area contributed by atoms with E-state index in [9.17, 15) is 13.5 Å². The van der Waals surface area contributed by atoms with Crippen LogP contribution in [0, 0.1) is 20.8 Å². The number of aliphatic hydroxyl groups excluding tert-OH is 1. The topological polar surface area (TPSA) is 102 Å². The van der Waals surface area contributed by atoms with E-state index < -0.39 is 22.2 Å². The first-order valence-corrected chi connectivity index (χ1v) is 10.3. The molecule has 2 aromatic rings. The number of hydrogen-bond donors (Lipinski definition) is 3. The number of hydrogen-bond acceptors (Lipinski definition) is 5. The Morgan fingerprint density at radius 2 is 1.78 bits per heavy atom. The van der Waals surface area contributed by atoms with E-state index >= 15 is 0 Å². The molecule has 7 heteroatoms. The van der Waals surface area contributed by atoms with Crippen LogP contribution in [0.3, 0.4) is 0 Å². The standard InChI is InChI=1S/C20H28N2O4S/c1-13-10-19(26-4)14(2)15(3)20(13)27(24,25)22-12-18(23)17(21)11-16-8-6-5-7-9-16/h5-10,17-18,22-23H,11-12,21H2,1-4H3/t17-,18+/m0/s1. The van der Waals surface area contributed by atoms with Gasteiger partial charge < -0.3 is 15.6 Å². The zero-order valence-electron chi connectivity index (χ0n) is 16.2. The summed E-state index contributed by atoms with van der Waals surface area (Å²) in [4.78, 5) is 0.213. The van der Waals surface area contributed by atoms with E-state index in [0.717, 1.165) is 11.1 Å². The number of ether oxygens (including phenoxy) is 1. The van der Waals surface area contributed by atoms with E-state index in [-0.39, 0.29) is 11.4 Å². The summed E-state index contributed by atoms with van der Waals surface area (Å²) in [5, 5.41) is 10.3. The lowest BCUT2D eigenvalue weighted by Crippen LogP contribution is -2.44. The van der Waals surface area contributed by atoms with Gasteiger partial charge in [0.15, 0.2) is 0 Å². The molecule has 0 saturated carbocycles. The van der Waals surface area contributed by atoms with Gasteiger partial charge in [-0.2, -0.15) is 0 Å². The second-order valence-electron chi connectivity index (χ2n) is 6.75. The molecule has 0 amide bonds. The highest BCUT2D eigenvalue weighted by Gasteiger charge is 2.25. The van der Waals surface area contributed by atoms with Crippen LogP contribution in [0.5, 0.6) is 5.75 Å². The van der Waals surface area contributed by atoms with E-state index in [1.165, 1.54) is 0 Å². The fourth-order valence-corrected chi connectivity index (χ4v) is 4.66. The molecular formula is C20H28N2O4S. The average molecular weight is 393 g/mol. The van der Waals surface area contributed by atoms with Gasteiger partial charge in [0.05, 0.1) is 18.1 Å². The van der Waals surface area contributed by atoms with E-state index in [1.807, 2.05) is 37.3 Å². The van der Waals surface area contributed by atoms with E-state index in [4.69, 9.17) is 10.5 Å². The summed E-state index contributed by atoms with van der Waals surface area (Å²) in [5.41, 5.74) is 9.01. The Labute approximate surface area is 161 Å². The number of aliphatic hydroxyl groups is 1. The fourth-order valence-electron chi connectivity index (χ4n) is 3.09. The summed E-state index contributed by atoms with van der Waals surface area (Å²) in [6.45, 7) is 5.13. The highest BCUT2D eigenvalue weighted by atomic mass is 32.2. The zero-order chi connectivity index (χ0) is 20.2. The van der Waals surface area contributed by atoms with Crippen LogP contribution in [0.15, 0.2) is 41.3 Å². The first-order chi connectivity index (χ1) is 12.7. The molecule has 148 valence electrons. The fraction of sp³-hybridized carbons (Fsp3) is 0.400. The molecule has 4 N–H and O–H groups in total. The predicted molar refractivity (Wildman–Crippen MR) is 107 cm³/mol. The van der Waals surface area contributed by atoms with Crippen molar-refractivity contribution in [2.24, 2.45) is 5.73 Å². The maximum Gasteiger partial charge on any atom is 0.241 e. The van der Waals surface area contributed by atoms with Crippen LogP contribution in [0.25, 0.3) is 0 Å². The van der Waals surface area contributed by atoms with Crippen molar-refractivity contribution in [2.45, 2.75) is 44.2 Å². The highest BCUT2D eigenvalue weighted by Crippen LogP contribution is 2.30. The molecule has 2 aromatic carbocycles. The number of sulfonamides is 1. The number of benzene rings is 2. The third kappa shape index (κ3) is 5.07. The molecule has 0 aliphatic carbocycles. The molecule has 0 aliphatic rings. The molecule has 0 spiro atoms. The average Bonchev–Trinajstić information content (AvgIpc) is 2.63. The Morgan fingerprint density at radius 1 is 1.15 bits per heavy atom. The van der Waals surface area contributed by atoms with E-state index in [2.05, 4.69) is 4.72 Å². The lowest BCUT2D eigenvalue weighted by molar-refractivity contribution is 0.148. The van der Waals surface area contributed by atoms with Crippen LogP contribution in [0.1, 0.15) is 22.3 Å². The summed E-state index contributed by atoms with van der Waals surface area (Å²) < 4.78 is 33.4. The largest absolute Gasteiger partial charge is 0.496 e. The molecule has 0 aliphatic heterocycles. The Kier molecular flexibility index (Phi) is 7.00. The van der Waals surface area contributed by atoms with Gasteiger partial charge in [0, 0.05) is 12.6 Å². The maximum atomic E-state index is 12.8. The summed E-state index contributed by atoms with van der Waals surface area (Å²) >= 11 is 0. The molecule has 0 fully saturated rings. The van der Waals surface area contributed by atoms with Crippen molar-refractivity contribution in [3.8, 4) is 5.75 Å². The summed E-state index contributed by atoms with van der Waals surface area (Å²) in [6, 6.07) is 10.7. The van der Waals surface area contributed by atoms with Crippen molar-refractivity contribution < 1.29 is 18.3 Å². The molecule has 6 nitrogen and oxygen atoms in total. The summed E-state index contributed by atoms with van der Waals surface area (Å²) in [5.74, 6) is 0.647. The minimum atomic E-state index is -3.79. The minimum Gasteiger partial charge on any atom is -0.496 e. The zero-order valence-corrected chi connectivity index (χ0v) is 17.0. The Balaban J connectivity index is 2.12. The van der Waals surface area contributed by atoms with Gasteiger partial charge in [-0.3, -0.25) is 0 Å². The molecule has 27 heavy (non-hydrogen) atoms. The van der Waals surface area contributed by atoms with Crippen molar-refractivity contribution >= 4 is 10.0 Å². The minimum absolute atomic E-state index is 0.152. The Hall–Kier alpha value is -1.93. The SMILES string of the molecule is COc1cc(C)c(S(=O)(=O)NC[C@@H](O)[C@@H](N)Cc2ccccc2)c(C)c1C. The van der Waals surface area contributed by atoms with Crippen molar-refractivity contribution in [3.05, 3.63) is 58.7 Å². The number of nitrogens with one attached hydrogen (secondary N) is 1. The molecule has 0 unspecified atom stereocenters. The van der Waals surface area contributed by atoms with Crippen LogP contribution in [-0.4, -0.2) is 39.3 Å². The number of nitrogens with two attached hydrogens (primary N) is 1. The van der Waals surface area contributed by atoms with Gasteiger partial charge in [0.2, 0.25) is 10.0 Å². The van der Waals surface area contributed by atoms with Crippen molar-refractivity contribution in [1.82, 2.24) is 4.72 Å². The summed E-state index contributed by atoms with van der Waals surface area (Å²) in [7, 11) is -2.24. The molecule has 0 heterocycles. The molecule has 0 saturated heterocycles. The van der Waals surface area contributed by atoms with Crippen molar-refractivity contribution in [3.63, 3.8) is 0 Å². The Morgan fingerprint density at radius 3 is 2.37 bits per heavy atom. The second-order valence-corrected chi connectivity index (χ2v) is 8.45. The van der Waals surface area contributed by atoms with E-state index in [1.54, 1.807) is 27.0 Å². The summed E-state index contributed by atoms with van der Waals surface area (Å²) in [6.07, 6.45) is -0.538. The van der Waals surface area contributed by atoms with Gasteiger partial charge >= 0.3 is 0 Å².